The van der Waals surface area contributed by atoms with E-state index in [0.717, 1.165) is 0 Å². The summed E-state index contributed by atoms with van der Waals surface area (Å²) in [5, 5.41) is 3.42. The van der Waals surface area contributed by atoms with Gasteiger partial charge in [0.2, 0.25) is 0 Å². The van der Waals surface area contributed by atoms with Gasteiger partial charge in [-0.1, -0.05) is 12.1 Å². The van der Waals surface area contributed by atoms with Crippen molar-refractivity contribution >= 4 is 22.5 Å². The van der Waals surface area contributed by atoms with E-state index in [1.807, 2.05) is 26.8 Å². The fourth-order valence-electron chi connectivity index (χ4n) is 2.30. The Morgan fingerprint density at radius 3 is 2.59 bits per heavy atom. The lowest BCUT2D eigenvalue weighted by atomic mass is 10.1. The maximum Gasteiger partial charge on any atom is 0.265 e. The molecule has 0 saturated heterocycles. The van der Waals surface area contributed by atoms with Crippen molar-refractivity contribution < 1.29 is 4.79 Å². The van der Waals surface area contributed by atoms with Gasteiger partial charge in [-0.3, -0.25) is 14.0 Å². The smallest absolute Gasteiger partial charge is 0.265 e. The molecule has 112 valence electrons. The lowest BCUT2D eigenvalue weighted by Gasteiger charge is -2.20. The van der Waals surface area contributed by atoms with E-state index in [9.17, 15) is 9.59 Å². The van der Waals surface area contributed by atoms with Crippen LogP contribution in [0.5, 0.6) is 0 Å². The van der Waals surface area contributed by atoms with Gasteiger partial charge in [-0.15, -0.1) is 0 Å². The van der Waals surface area contributed by atoms with Crippen molar-refractivity contribution in [3.05, 3.63) is 58.5 Å². The summed E-state index contributed by atoms with van der Waals surface area (Å²) in [6, 6.07) is 10.5. The van der Waals surface area contributed by atoms with Crippen LogP contribution in [0.25, 0.3) is 16.6 Å². The fraction of sp³-hybridized carbons (Fsp3) is 0.235. The summed E-state index contributed by atoms with van der Waals surface area (Å²) in [6.45, 7) is 5.73. The summed E-state index contributed by atoms with van der Waals surface area (Å²) in [5.74, 6) is -0.213. The first-order chi connectivity index (χ1) is 10.3. The number of rotatable bonds is 1. The van der Waals surface area contributed by atoms with Crippen LogP contribution < -0.4 is 10.9 Å². The number of amides is 1. The number of pyridine rings is 1. The monoisotopic (exact) mass is 295 g/mol. The third-order valence-electron chi connectivity index (χ3n) is 3.27. The lowest BCUT2D eigenvalue weighted by molar-refractivity contribution is 0.0919. The van der Waals surface area contributed by atoms with Crippen molar-refractivity contribution in [1.82, 2.24) is 14.7 Å². The number of carbonyl (C=O) groups is 1. The topological polar surface area (TPSA) is 63.5 Å². The van der Waals surface area contributed by atoms with Crippen LogP contribution in [0, 0.1) is 0 Å². The minimum atomic E-state index is -0.335. The van der Waals surface area contributed by atoms with Crippen LogP contribution in [0.1, 0.15) is 31.1 Å². The van der Waals surface area contributed by atoms with Gasteiger partial charge in [-0.25, -0.2) is 4.98 Å². The van der Waals surface area contributed by atoms with Crippen molar-refractivity contribution in [2.24, 2.45) is 0 Å². The molecule has 0 aliphatic heterocycles. The Bertz CT molecular complexity index is 936. The molecule has 3 rings (SSSR count). The van der Waals surface area contributed by atoms with E-state index >= 15 is 0 Å². The second-order valence-electron chi connectivity index (χ2n) is 6.28. The molecule has 0 radical (unpaired) electrons. The molecule has 0 fully saturated rings. The molecule has 0 bridgehead atoms. The normalized spacial score (nSPS) is 11.8. The van der Waals surface area contributed by atoms with Gasteiger partial charge in [-0.05, 0) is 45.0 Å². The summed E-state index contributed by atoms with van der Waals surface area (Å²) < 4.78 is 1.42. The van der Waals surface area contributed by atoms with Crippen LogP contribution in [-0.2, 0) is 0 Å². The maximum atomic E-state index is 12.5. The highest BCUT2D eigenvalue weighted by atomic mass is 16.2. The van der Waals surface area contributed by atoms with E-state index in [1.54, 1.807) is 30.3 Å². The Morgan fingerprint density at radius 1 is 1.14 bits per heavy atom. The average Bonchev–Trinajstić information content (AvgIpc) is 2.45. The molecule has 0 aliphatic rings. The molecule has 5 nitrogen and oxygen atoms in total. The van der Waals surface area contributed by atoms with Gasteiger partial charge in [0.05, 0.1) is 16.5 Å². The minimum Gasteiger partial charge on any atom is -0.347 e. The van der Waals surface area contributed by atoms with Crippen molar-refractivity contribution in [1.29, 1.82) is 0 Å². The number of aromatic nitrogens is 2. The maximum absolute atomic E-state index is 12.5. The Morgan fingerprint density at radius 2 is 1.86 bits per heavy atom. The summed E-state index contributed by atoms with van der Waals surface area (Å²) in [7, 11) is 0. The Labute approximate surface area is 127 Å². The van der Waals surface area contributed by atoms with Crippen molar-refractivity contribution in [2.75, 3.05) is 0 Å². The number of para-hydroxylation sites is 1. The van der Waals surface area contributed by atoms with Gasteiger partial charge < -0.3 is 5.32 Å². The van der Waals surface area contributed by atoms with Crippen LogP contribution in [0.2, 0.25) is 0 Å². The molecule has 0 spiro atoms. The summed E-state index contributed by atoms with van der Waals surface area (Å²) in [5.41, 5.74) is 1.10. The molecule has 22 heavy (non-hydrogen) atoms. The summed E-state index contributed by atoms with van der Waals surface area (Å²) in [4.78, 5) is 29.2. The fourth-order valence-corrected chi connectivity index (χ4v) is 2.30. The number of fused-ring (bicyclic) bond motifs is 2. The van der Waals surface area contributed by atoms with Crippen molar-refractivity contribution in [3.63, 3.8) is 0 Å². The highest BCUT2D eigenvalue weighted by Gasteiger charge is 2.16. The Balaban J connectivity index is 2.17. The van der Waals surface area contributed by atoms with Crippen LogP contribution in [-0.4, -0.2) is 20.8 Å². The van der Waals surface area contributed by atoms with E-state index in [0.29, 0.717) is 22.1 Å². The van der Waals surface area contributed by atoms with Gasteiger partial charge in [0.1, 0.15) is 5.65 Å². The molecule has 5 heteroatoms. The number of nitrogens with one attached hydrogen (secondary N) is 1. The largest absolute Gasteiger partial charge is 0.347 e. The molecular formula is C17H17N3O2. The molecule has 0 atom stereocenters. The molecule has 0 saturated carbocycles. The van der Waals surface area contributed by atoms with E-state index in [-0.39, 0.29) is 17.0 Å². The summed E-state index contributed by atoms with van der Waals surface area (Å²) in [6.07, 6.45) is 1.54. The van der Waals surface area contributed by atoms with E-state index in [4.69, 9.17) is 0 Å². The summed E-state index contributed by atoms with van der Waals surface area (Å²) >= 11 is 0. The number of benzene rings is 1. The average molecular weight is 295 g/mol. The SMILES string of the molecule is CC(C)(C)NC(=O)c1ccc2nc3ccccc3c(=O)n2c1. The minimum absolute atomic E-state index is 0.175. The van der Waals surface area contributed by atoms with Crippen molar-refractivity contribution in [2.45, 2.75) is 26.3 Å². The van der Waals surface area contributed by atoms with Gasteiger partial charge in [-0.2, -0.15) is 0 Å². The van der Waals surface area contributed by atoms with Gasteiger partial charge in [0.25, 0.3) is 11.5 Å². The standard InChI is InChI=1S/C17H17N3O2/c1-17(2,3)19-15(21)11-8-9-14-18-13-7-5-4-6-12(13)16(22)20(14)10-11/h4-10H,1-3H3,(H,19,21). The first-order valence-corrected chi connectivity index (χ1v) is 7.09. The molecule has 0 unspecified atom stereocenters. The Hall–Kier alpha value is -2.69. The quantitative estimate of drug-likeness (QED) is 0.701. The number of hydrogen-bond acceptors (Lipinski definition) is 3. The lowest BCUT2D eigenvalue weighted by Crippen LogP contribution is -2.40. The predicted molar refractivity (Wildman–Crippen MR) is 86.2 cm³/mol. The molecule has 1 aromatic carbocycles. The van der Waals surface area contributed by atoms with Gasteiger partial charge in [0, 0.05) is 11.7 Å². The molecule has 3 aromatic rings. The van der Waals surface area contributed by atoms with E-state index in [1.165, 1.54) is 10.6 Å². The van der Waals surface area contributed by atoms with Crippen LogP contribution in [0.4, 0.5) is 0 Å². The highest BCUT2D eigenvalue weighted by molar-refractivity contribution is 5.94. The second kappa shape index (κ2) is 4.94. The van der Waals surface area contributed by atoms with Crippen LogP contribution >= 0.6 is 0 Å². The molecule has 2 heterocycles. The first kappa shape index (κ1) is 14.3. The molecule has 2 aromatic heterocycles. The van der Waals surface area contributed by atoms with Crippen molar-refractivity contribution in [3.8, 4) is 0 Å². The molecule has 1 N–H and O–H groups in total. The van der Waals surface area contributed by atoms with E-state index < -0.39 is 0 Å². The second-order valence-corrected chi connectivity index (χ2v) is 6.28. The zero-order valence-electron chi connectivity index (χ0n) is 12.8. The zero-order chi connectivity index (χ0) is 15.9. The van der Waals surface area contributed by atoms with Crippen LogP contribution in [0.3, 0.4) is 0 Å². The molecule has 0 aliphatic carbocycles. The van der Waals surface area contributed by atoms with Gasteiger partial charge in [0.15, 0.2) is 0 Å². The van der Waals surface area contributed by atoms with E-state index in [2.05, 4.69) is 10.3 Å². The number of carbonyl (C=O) groups excluding carboxylic acids is 1. The van der Waals surface area contributed by atoms with Crippen LogP contribution in [0.15, 0.2) is 47.4 Å². The number of hydrogen-bond donors (Lipinski definition) is 1. The third kappa shape index (κ3) is 2.57. The third-order valence-corrected chi connectivity index (χ3v) is 3.27. The predicted octanol–water partition coefficient (Wildman–Crippen LogP) is 2.38. The first-order valence-electron chi connectivity index (χ1n) is 7.09. The highest BCUT2D eigenvalue weighted by Crippen LogP contribution is 2.11. The molecule has 1 amide bonds. The zero-order valence-corrected chi connectivity index (χ0v) is 12.8. The molecular weight excluding hydrogens is 278 g/mol. The Kier molecular flexibility index (Phi) is 3.20. The van der Waals surface area contributed by atoms with Gasteiger partial charge >= 0.3 is 0 Å². The number of nitrogens with zero attached hydrogens (tertiary/aromatic N) is 2.